The lowest BCUT2D eigenvalue weighted by Gasteiger charge is -2.43. The fourth-order valence-electron chi connectivity index (χ4n) is 2.51. The number of nitrogens with one attached hydrogen (secondary N) is 1. The maximum absolute atomic E-state index is 12.0. The van der Waals surface area contributed by atoms with Crippen LogP contribution in [0.25, 0.3) is 0 Å². The number of aryl methyl sites for hydroxylation is 1. The zero-order valence-corrected chi connectivity index (χ0v) is 10.9. The molecule has 0 atom stereocenters. The molecule has 1 aliphatic heterocycles. The van der Waals surface area contributed by atoms with E-state index in [1.807, 2.05) is 6.92 Å². The highest BCUT2D eigenvalue weighted by Crippen LogP contribution is 2.44. The van der Waals surface area contributed by atoms with Crippen molar-refractivity contribution in [3.05, 3.63) is 23.3 Å². The van der Waals surface area contributed by atoms with Crippen molar-refractivity contribution in [2.45, 2.75) is 31.8 Å². The van der Waals surface area contributed by atoms with E-state index in [9.17, 15) is 9.59 Å². The first-order chi connectivity index (χ1) is 9.05. The van der Waals surface area contributed by atoms with Gasteiger partial charge in [-0.1, -0.05) is 0 Å². The van der Waals surface area contributed by atoms with Gasteiger partial charge >= 0.3 is 5.97 Å². The summed E-state index contributed by atoms with van der Waals surface area (Å²) >= 11 is 0. The molecule has 1 aliphatic carbocycles. The quantitative estimate of drug-likeness (QED) is 0.786. The van der Waals surface area contributed by atoms with E-state index in [-0.39, 0.29) is 5.91 Å². The van der Waals surface area contributed by atoms with Crippen LogP contribution in [-0.2, 0) is 9.53 Å². The summed E-state index contributed by atoms with van der Waals surface area (Å²) in [5.41, 5.74) is 1.06. The molecule has 2 aliphatic rings. The van der Waals surface area contributed by atoms with Gasteiger partial charge in [0.1, 0.15) is 5.75 Å². The van der Waals surface area contributed by atoms with E-state index >= 15 is 0 Å². The first-order valence-electron chi connectivity index (χ1n) is 6.29. The third-order valence-electron chi connectivity index (χ3n) is 3.86. The van der Waals surface area contributed by atoms with Gasteiger partial charge in [0, 0.05) is 0 Å². The molecular weight excluding hydrogens is 246 g/mol. The third-order valence-corrected chi connectivity index (χ3v) is 3.86. The van der Waals surface area contributed by atoms with E-state index in [4.69, 9.17) is 9.47 Å². The molecule has 5 heteroatoms. The molecule has 1 fully saturated rings. The second-order valence-electron chi connectivity index (χ2n) is 5.06. The summed E-state index contributed by atoms with van der Waals surface area (Å²) in [5.74, 6) is 0.0915. The first kappa shape index (κ1) is 12.0. The maximum Gasteiger partial charge on any atom is 0.338 e. The Balaban J connectivity index is 2.02. The van der Waals surface area contributed by atoms with Crippen LogP contribution < -0.4 is 10.1 Å². The van der Waals surface area contributed by atoms with Crippen molar-refractivity contribution in [1.82, 2.24) is 0 Å². The SMILES string of the molecule is COC(=O)c1cc2c(cc1C)OC1(CCC1)C(=O)N2. The summed E-state index contributed by atoms with van der Waals surface area (Å²) in [5, 5.41) is 2.83. The Morgan fingerprint density at radius 1 is 1.42 bits per heavy atom. The molecule has 0 unspecified atom stereocenters. The van der Waals surface area contributed by atoms with Crippen molar-refractivity contribution in [3.8, 4) is 5.75 Å². The minimum Gasteiger partial charge on any atom is -0.475 e. The maximum atomic E-state index is 12.0. The lowest BCUT2D eigenvalue weighted by Crippen LogP contribution is -2.55. The highest BCUT2D eigenvalue weighted by atomic mass is 16.5. The molecule has 19 heavy (non-hydrogen) atoms. The van der Waals surface area contributed by atoms with Gasteiger partial charge in [0.25, 0.3) is 5.91 Å². The Labute approximate surface area is 110 Å². The fraction of sp³-hybridized carbons (Fsp3) is 0.429. The zero-order chi connectivity index (χ0) is 13.6. The number of rotatable bonds is 1. The van der Waals surface area contributed by atoms with Crippen LogP contribution in [0.15, 0.2) is 12.1 Å². The topological polar surface area (TPSA) is 64.6 Å². The van der Waals surface area contributed by atoms with E-state index in [1.165, 1.54) is 7.11 Å². The van der Waals surface area contributed by atoms with Gasteiger partial charge in [-0.05, 0) is 43.9 Å². The van der Waals surface area contributed by atoms with Gasteiger partial charge in [0.2, 0.25) is 0 Å². The molecule has 1 saturated carbocycles. The lowest BCUT2D eigenvalue weighted by molar-refractivity contribution is -0.139. The van der Waals surface area contributed by atoms with Crippen molar-refractivity contribution < 1.29 is 19.1 Å². The van der Waals surface area contributed by atoms with Crippen LogP contribution in [0, 0.1) is 6.92 Å². The van der Waals surface area contributed by atoms with Gasteiger partial charge in [-0.2, -0.15) is 0 Å². The van der Waals surface area contributed by atoms with Crippen molar-refractivity contribution in [3.63, 3.8) is 0 Å². The number of fused-ring (bicyclic) bond motifs is 1. The largest absolute Gasteiger partial charge is 0.475 e. The standard InChI is InChI=1S/C14H15NO4/c1-8-6-11-10(7-9(8)12(16)18-2)15-13(17)14(19-11)4-3-5-14/h6-7H,3-5H2,1-2H3,(H,15,17). The van der Waals surface area contributed by atoms with E-state index in [0.29, 0.717) is 17.0 Å². The summed E-state index contributed by atoms with van der Waals surface area (Å²) in [7, 11) is 1.33. The Morgan fingerprint density at radius 3 is 2.74 bits per heavy atom. The molecule has 0 aromatic heterocycles. The molecule has 0 bridgehead atoms. The van der Waals surface area contributed by atoms with Gasteiger partial charge in [-0.3, -0.25) is 4.79 Å². The van der Waals surface area contributed by atoms with Crippen LogP contribution >= 0.6 is 0 Å². The van der Waals surface area contributed by atoms with Crippen molar-refractivity contribution >= 4 is 17.6 Å². The number of hydrogen-bond acceptors (Lipinski definition) is 4. The van der Waals surface area contributed by atoms with E-state index < -0.39 is 11.6 Å². The fourth-order valence-corrected chi connectivity index (χ4v) is 2.51. The molecule has 1 amide bonds. The Kier molecular flexibility index (Phi) is 2.52. The van der Waals surface area contributed by atoms with Crippen LogP contribution in [0.5, 0.6) is 5.75 Å². The smallest absolute Gasteiger partial charge is 0.338 e. The minimum absolute atomic E-state index is 0.120. The summed E-state index contributed by atoms with van der Waals surface area (Å²) < 4.78 is 10.6. The molecule has 1 spiro atoms. The third kappa shape index (κ3) is 1.69. The normalized spacial score (nSPS) is 18.9. The Hall–Kier alpha value is -2.04. The van der Waals surface area contributed by atoms with Crippen LogP contribution in [0.3, 0.4) is 0 Å². The number of ether oxygens (including phenoxy) is 2. The average molecular weight is 261 g/mol. The number of methoxy groups -OCH3 is 1. The Morgan fingerprint density at radius 2 is 2.16 bits per heavy atom. The van der Waals surface area contributed by atoms with Crippen LogP contribution in [0.1, 0.15) is 35.2 Å². The second-order valence-corrected chi connectivity index (χ2v) is 5.06. The number of benzene rings is 1. The molecule has 3 rings (SSSR count). The van der Waals surface area contributed by atoms with E-state index in [1.54, 1.807) is 12.1 Å². The van der Waals surface area contributed by atoms with Gasteiger partial charge in [-0.15, -0.1) is 0 Å². The van der Waals surface area contributed by atoms with Crippen molar-refractivity contribution in [2.75, 3.05) is 12.4 Å². The molecule has 1 N–H and O–H groups in total. The van der Waals surface area contributed by atoms with Crippen molar-refractivity contribution in [1.29, 1.82) is 0 Å². The highest BCUT2D eigenvalue weighted by molar-refractivity contribution is 6.03. The average Bonchev–Trinajstić information content (AvgIpc) is 2.35. The number of carbonyl (C=O) groups excluding carboxylic acids is 2. The van der Waals surface area contributed by atoms with Crippen molar-refractivity contribution in [2.24, 2.45) is 0 Å². The van der Waals surface area contributed by atoms with E-state index in [2.05, 4.69) is 5.32 Å². The summed E-state index contributed by atoms with van der Waals surface area (Å²) in [6.07, 6.45) is 2.49. The van der Waals surface area contributed by atoms with Crippen LogP contribution in [0.2, 0.25) is 0 Å². The molecular formula is C14H15NO4. The second kappa shape index (κ2) is 3.98. The number of hydrogen-bond donors (Lipinski definition) is 1. The van der Waals surface area contributed by atoms with Crippen LogP contribution in [0.4, 0.5) is 5.69 Å². The minimum atomic E-state index is -0.688. The number of amides is 1. The molecule has 5 nitrogen and oxygen atoms in total. The monoisotopic (exact) mass is 261 g/mol. The molecule has 0 radical (unpaired) electrons. The lowest BCUT2D eigenvalue weighted by atomic mass is 9.78. The molecule has 1 aromatic rings. The van der Waals surface area contributed by atoms with Gasteiger partial charge < -0.3 is 14.8 Å². The highest BCUT2D eigenvalue weighted by Gasteiger charge is 2.49. The zero-order valence-electron chi connectivity index (χ0n) is 10.9. The summed E-state index contributed by atoms with van der Waals surface area (Å²) in [6.45, 7) is 1.82. The van der Waals surface area contributed by atoms with E-state index in [0.717, 1.165) is 24.8 Å². The predicted molar refractivity (Wildman–Crippen MR) is 68.4 cm³/mol. The first-order valence-corrected chi connectivity index (χ1v) is 6.29. The number of carbonyl (C=O) groups is 2. The van der Waals surface area contributed by atoms with Crippen LogP contribution in [-0.4, -0.2) is 24.6 Å². The molecule has 1 aromatic carbocycles. The number of esters is 1. The number of anilines is 1. The molecule has 1 heterocycles. The Bertz CT molecular complexity index is 575. The van der Waals surface area contributed by atoms with Gasteiger partial charge in [0.15, 0.2) is 5.60 Å². The van der Waals surface area contributed by atoms with Gasteiger partial charge in [-0.25, -0.2) is 4.79 Å². The summed E-state index contributed by atoms with van der Waals surface area (Å²) in [4.78, 5) is 23.7. The molecule has 0 saturated heterocycles. The predicted octanol–water partition coefficient (Wildman–Crippen LogP) is 2.04. The molecule has 100 valence electrons. The summed E-state index contributed by atoms with van der Waals surface area (Å²) in [6, 6.07) is 3.39. The van der Waals surface area contributed by atoms with Gasteiger partial charge in [0.05, 0.1) is 18.4 Å².